The number of quaternary nitrogens is 2. The van der Waals surface area contributed by atoms with E-state index in [1.54, 1.807) is 0 Å². The lowest BCUT2D eigenvalue weighted by Gasteiger charge is -2.21. The summed E-state index contributed by atoms with van der Waals surface area (Å²) in [5, 5.41) is 49.3. The van der Waals surface area contributed by atoms with Gasteiger partial charge in [-0.25, -0.2) is 9.59 Å². The van der Waals surface area contributed by atoms with Gasteiger partial charge in [0.15, 0.2) is 12.2 Å². The third kappa shape index (κ3) is 23.0. The lowest BCUT2D eigenvalue weighted by molar-refractivity contribution is -0.870. The summed E-state index contributed by atoms with van der Waals surface area (Å²) in [4.78, 5) is 19.5. The molecule has 6 N–H and O–H groups in total. The van der Waals surface area contributed by atoms with Gasteiger partial charge in [0, 0.05) is 0 Å². The fraction of sp³-hybridized carbons (Fsp3) is 0.857. The zero-order valence-corrected chi connectivity index (χ0v) is 15.4. The maximum absolute atomic E-state index is 9.77. The molecule has 0 heterocycles. The Labute approximate surface area is 143 Å². The highest BCUT2D eigenvalue weighted by atomic mass is 16.4. The van der Waals surface area contributed by atoms with Gasteiger partial charge in [-0.05, 0) is 0 Å². The minimum Gasteiger partial charge on any atom is -0.479 e. The van der Waals surface area contributed by atoms with Crippen molar-refractivity contribution < 1.29 is 49.2 Å². The maximum Gasteiger partial charge on any atom is 0.335 e. The van der Waals surface area contributed by atoms with Crippen LogP contribution in [0, 0.1) is 0 Å². The van der Waals surface area contributed by atoms with Crippen molar-refractivity contribution in [3.8, 4) is 0 Å². The molecule has 0 aromatic carbocycles. The summed E-state index contributed by atoms with van der Waals surface area (Å²) in [6, 6.07) is 0. The van der Waals surface area contributed by atoms with Crippen molar-refractivity contribution in [1.82, 2.24) is 0 Å². The van der Waals surface area contributed by atoms with E-state index in [4.69, 9.17) is 30.6 Å². The molecule has 2 atom stereocenters. The van der Waals surface area contributed by atoms with Crippen LogP contribution in [0.15, 0.2) is 0 Å². The number of carbonyl (C=O) groups is 2. The standard InChI is InChI=1S/2C5H14NO.C4H6O6/c2*1-6(2,3)4-5-7;5-1(3(7)8)2(6)4(9)10/h2*7H,4-5H2,1-3H3;1-2,5-6H,(H,7,8)(H,9,10)/q2*+1;. The number of nitrogens with zero attached hydrogens (tertiary/aromatic N) is 2. The van der Waals surface area contributed by atoms with Crippen molar-refractivity contribution in [2.75, 3.05) is 68.6 Å². The first-order valence-corrected chi connectivity index (χ1v) is 7.23. The third-order valence-electron chi connectivity index (χ3n) is 2.35. The molecule has 10 nitrogen and oxygen atoms in total. The molecule has 0 aliphatic carbocycles. The number of carboxylic acids is 2. The highest BCUT2D eigenvalue weighted by molar-refractivity contribution is 5.83. The first kappa shape index (κ1) is 27.5. The van der Waals surface area contributed by atoms with Gasteiger partial charge in [-0.2, -0.15) is 0 Å². The quantitative estimate of drug-likeness (QED) is 0.268. The Hall–Kier alpha value is -1.30. The summed E-state index contributed by atoms with van der Waals surface area (Å²) < 4.78 is 1.69. The molecule has 146 valence electrons. The largest absolute Gasteiger partial charge is 0.479 e. The summed E-state index contributed by atoms with van der Waals surface area (Å²) in [7, 11) is 12.3. The average Bonchev–Trinajstić information content (AvgIpc) is 2.35. The molecule has 0 aliphatic heterocycles. The van der Waals surface area contributed by atoms with E-state index in [9.17, 15) is 9.59 Å². The summed E-state index contributed by atoms with van der Waals surface area (Å²) >= 11 is 0. The van der Waals surface area contributed by atoms with Gasteiger partial charge in [-0.15, -0.1) is 0 Å². The molecule has 0 radical (unpaired) electrons. The van der Waals surface area contributed by atoms with Crippen molar-refractivity contribution in [1.29, 1.82) is 0 Å². The van der Waals surface area contributed by atoms with E-state index < -0.39 is 24.1 Å². The predicted octanol–water partition coefficient (Wildman–Crippen LogP) is -2.75. The van der Waals surface area contributed by atoms with Crippen LogP contribution in [0.5, 0.6) is 0 Å². The molecule has 10 heteroatoms. The zero-order chi connectivity index (χ0) is 20.1. The second-order valence-electron chi connectivity index (χ2n) is 7.04. The van der Waals surface area contributed by atoms with Crippen LogP contribution in [-0.2, 0) is 9.59 Å². The normalized spacial score (nSPS) is 13.6. The lowest BCUT2D eigenvalue weighted by atomic mass is 10.2. The van der Waals surface area contributed by atoms with E-state index in [0.717, 1.165) is 22.1 Å². The number of carboxylic acid groups (broad SMARTS) is 2. The Morgan fingerprint density at radius 3 is 0.958 bits per heavy atom. The van der Waals surface area contributed by atoms with E-state index in [2.05, 4.69) is 42.3 Å². The van der Waals surface area contributed by atoms with Gasteiger partial charge in [0.25, 0.3) is 0 Å². The van der Waals surface area contributed by atoms with Crippen molar-refractivity contribution >= 4 is 11.9 Å². The maximum atomic E-state index is 9.77. The van der Waals surface area contributed by atoms with Crippen LogP contribution in [0.2, 0.25) is 0 Å². The van der Waals surface area contributed by atoms with Crippen LogP contribution < -0.4 is 0 Å². The molecule has 0 amide bonds. The minimum atomic E-state index is -2.27. The molecule has 0 saturated carbocycles. The number of rotatable bonds is 7. The molecule has 0 aromatic heterocycles. The van der Waals surface area contributed by atoms with Crippen molar-refractivity contribution in [3.63, 3.8) is 0 Å². The number of aliphatic hydroxyl groups is 4. The van der Waals surface area contributed by atoms with Crippen molar-refractivity contribution in [3.05, 3.63) is 0 Å². The Morgan fingerprint density at radius 1 is 0.708 bits per heavy atom. The SMILES string of the molecule is C[N+](C)(C)CCO.C[N+](C)(C)CCO.O=C(O)C(O)C(O)C(=O)O. The Bertz CT molecular complexity index is 316. The predicted molar refractivity (Wildman–Crippen MR) is 87.3 cm³/mol. The number of hydrogen-bond acceptors (Lipinski definition) is 6. The third-order valence-corrected chi connectivity index (χ3v) is 2.35. The lowest BCUT2D eigenvalue weighted by Crippen LogP contribution is -2.39. The van der Waals surface area contributed by atoms with Crippen LogP contribution in [0.3, 0.4) is 0 Å². The second kappa shape index (κ2) is 13.0. The Kier molecular flexibility index (Phi) is 15.0. The summed E-state index contributed by atoms with van der Waals surface area (Å²) in [5.74, 6) is -3.54. The Balaban J connectivity index is -0.000000283. The molecular weight excluding hydrogens is 324 g/mol. The van der Waals surface area contributed by atoms with Crippen LogP contribution in [-0.4, -0.2) is 132 Å². The van der Waals surface area contributed by atoms with E-state index in [-0.39, 0.29) is 13.2 Å². The molecule has 0 spiro atoms. The monoisotopic (exact) mass is 358 g/mol. The highest BCUT2D eigenvalue weighted by Crippen LogP contribution is 1.92. The van der Waals surface area contributed by atoms with Gasteiger partial charge in [0.05, 0.1) is 55.5 Å². The van der Waals surface area contributed by atoms with Crippen molar-refractivity contribution in [2.24, 2.45) is 0 Å². The van der Waals surface area contributed by atoms with Gasteiger partial charge < -0.3 is 39.6 Å². The van der Waals surface area contributed by atoms with E-state index in [0.29, 0.717) is 0 Å². The minimum absolute atomic E-state index is 0.281. The van der Waals surface area contributed by atoms with Gasteiger partial charge in [0.1, 0.15) is 13.1 Å². The van der Waals surface area contributed by atoms with Gasteiger partial charge >= 0.3 is 11.9 Å². The molecule has 0 bridgehead atoms. The van der Waals surface area contributed by atoms with Crippen LogP contribution in [0.25, 0.3) is 0 Å². The smallest absolute Gasteiger partial charge is 0.335 e. The summed E-state index contributed by atoms with van der Waals surface area (Å²) in [6.07, 6.45) is -4.53. The average molecular weight is 358 g/mol. The molecule has 2 unspecified atom stereocenters. The van der Waals surface area contributed by atoms with Crippen LogP contribution in [0.1, 0.15) is 0 Å². The first-order chi connectivity index (χ1) is 10.6. The van der Waals surface area contributed by atoms with Gasteiger partial charge in [0.2, 0.25) is 0 Å². The topological polar surface area (TPSA) is 156 Å². The fourth-order valence-corrected chi connectivity index (χ4v) is 0.870. The molecule has 0 saturated heterocycles. The zero-order valence-electron chi connectivity index (χ0n) is 15.4. The first-order valence-electron chi connectivity index (χ1n) is 7.23. The number of hydrogen-bond donors (Lipinski definition) is 6. The Morgan fingerprint density at radius 2 is 0.917 bits per heavy atom. The fourth-order valence-electron chi connectivity index (χ4n) is 0.870. The second-order valence-corrected chi connectivity index (χ2v) is 7.04. The van der Waals surface area contributed by atoms with E-state index in [1.807, 2.05) is 0 Å². The van der Waals surface area contributed by atoms with Gasteiger partial charge in [-0.3, -0.25) is 0 Å². The number of aliphatic hydroxyl groups excluding tert-OH is 4. The molecule has 0 rings (SSSR count). The molecular formula is C14H34N2O8+2. The summed E-state index contributed by atoms with van der Waals surface area (Å²) in [5.41, 5.74) is 0. The highest BCUT2D eigenvalue weighted by Gasteiger charge is 2.29. The van der Waals surface area contributed by atoms with E-state index >= 15 is 0 Å². The van der Waals surface area contributed by atoms with Gasteiger partial charge in [-0.1, -0.05) is 0 Å². The molecule has 0 fully saturated rings. The van der Waals surface area contributed by atoms with Crippen LogP contribution >= 0.6 is 0 Å². The summed E-state index contributed by atoms with van der Waals surface area (Å²) in [6.45, 7) is 2.23. The molecule has 0 aromatic rings. The number of likely N-dealkylation sites (N-methyl/N-ethyl adjacent to an activating group) is 2. The number of aliphatic carboxylic acids is 2. The van der Waals surface area contributed by atoms with Crippen LogP contribution in [0.4, 0.5) is 0 Å². The van der Waals surface area contributed by atoms with Crippen molar-refractivity contribution in [2.45, 2.75) is 12.2 Å². The van der Waals surface area contributed by atoms with E-state index in [1.165, 1.54) is 0 Å². The molecule has 24 heavy (non-hydrogen) atoms. The molecule has 0 aliphatic rings.